The zero-order valence-corrected chi connectivity index (χ0v) is 22.5. The molecule has 3 aromatic rings. The number of hydrogen-bond donors (Lipinski definition) is 3. The lowest BCUT2D eigenvalue weighted by Crippen LogP contribution is -2.45. The van der Waals surface area contributed by atoms with E-state index in [9.17, 15) is 9.59 Å². The number of aromatic nitrogens is 4. The summed E-state index contributed by atoms with van der Waals surface area (Å²) in [5.74, 6) is 0.417. The molecule has 2 aromatic carbocycles. The van der Waals surface area contributed by atoms with Crippen LogP contribution in [0.1, 0.15) is 67.9 Å². The molecule has 10 heteroatoms. The monoisotopic (exact) mass is 523 g/mol. The summed E-state index contributed by atoms with van der Waals surface area (Å²) in [4.78, 5) is 27.9. The van der Waals surface area contributed by atoms with E-state index < -0.39 is 0 Å². The lowest BCUT2D eigenvalue weighted by atomic mass is 9.71. The van der Waals surface area contributed by atoms with Gasteiger partial charge >= 0.3 is 6.03 Å². The lowest BCUT2D eigenvalue weighted by Gasteiger charge is -2.41. The summed E-state index contributed by atoms with van der Waals surface area (Å²) < 4.78 is 0. The largest absolute Gasteiger partial charge is 0.322 e. The van der Waals surface area contributed by atoms with Crippen molar-refractivity contribution < 1.29 is 9.59 Å². The minimum absolute atomic E-state index is 0.110. The van der Waals surface area contributed by atoms with Crippen LogP contribution in [0.25, 0.3) is 0 Å². The van der Waals surface area contributed by atoms with E-state index in [0.29, 0.717) is 28.7 Å². The number of aryl methyl sites for hydroxylation is 1. The van der Waals surface area contributed by atoms with Gasteiger partial charge in [0, 0.05) is 28.9 Å². The molecule has 1 aromatic heterocycles. The highest BCUT2D eigenvalue weighted by Gasteiger charge is 2.33. The van der Waals surface area contributed by atoms with Gasteiger partial charge in [0.1, 0.15) is 0 Å². The van der Waals surface area contributed by atoms with Gasteiger partial charge in [-0.3, -0.25) is 10.1 Å². The van der Waals surface area contributed by atoms with E-state index in [0.717, 1.165) is 36.8 Å². The molecule has 1 fully saturated rings. The number of hydrogen-bond acceptors (Lipinski definition) is 5. The molecule has 0 spiro atoms. The highest BCUT2D eigenvalue weighted by Crippen LogP contribution is 2.39. The molecular formula is C27H34ClN7O2. The van der Waals surface area contributed by atoms with Gasteiger partial charge in [-0.25, -0.2) is 4.79 Å². The molecule has 1 heterocycles. The summed E-state index contributed by atoms with van der Waals surface area (Å²) in [6, 6.07) is 12.7. The van der Waals surface area contributed by atoms with Crippen LogP contribution in [0.2, 0.25) is 5.02 Å². The van der Waals surface area contributed by atoms with Crippen molar-refractivity contribution in [2.75, 3.05) is 10.6 Å². The van der Waals surface area contributed by atoms with Gasteiger partial charge in [-0.1, -0.05) is 55.7 Å². The van der Waals surface area contributed by atoms with E-state index >= 15 is 0 Å². The molecule has 0 aliphatic heterocycles. The average Bonchev–Trinajstić information content (AvgIpc) is 3.38. The first kappa shape index (κ1) is 26.6. The van der Waals surface area contributed by atoms with E-state index in [2.05, 4.69) is 52.0 Å². The molecule has 1 aliphatic carbocycles. The molecule has 37 heavy (non-hydrogen) atoms. The average molecular weight is 524 g/mol. The van der Waals surface area contributed by atoms with Gasteiger partial charge in [0.05, 0.1) is 0 Å². The van der Waals surface area contributed by atoms with Crippen molar-refractivity contribution in [1.82, 2.24) is 25.5 Å². The Hall–Kier alpha value is -3.46. The Labute approximate surface area is 222 Å². The van der Waals surface area contributed by atoms with Crippen LogP contribution in [0.4, 0.5) is 16.4 Å². The van der Waals surface area contributed by atoms with E-state index in [-0.39, 0.29) is 29.3 Å². The zero-order valence-electron chi connectivity index (χ0n) is 21.7. The standard InChI is InChI=1S/C27H34ClN7O2/c1-17-5-12-21(15-23(17)28)29-26(37)35(22-13-10-20(11-14-22)27(2,3)4)16-18-6-8-19(9-7-18)24(36)30-25-31-33-34-32-25/h5-9,12,15,20,22H,10-11,13-14,16H2,1-4H3,(H,29,37)(H2,30,31,32,33,34,36). The van der Waals surface area contributed by atoms with Gasteiger partial charge in [-0.15, -0.1) is 5.10 Å². The molecule has 0 atom stereocenters. The molecule has 3 N–H and O–H groups in total. The quantitative estimate of drug-likeness (QED) is 0.363. The molecule has 0 radical (unpaired) electrons. The molecule has 1 aliphatic rings. The topological polar surface area (TPSA) is 116 Å². The van der Waals surface area contributed by atoms with Crippen LogP contribution in [0, 0.1) is 18.3 Å². The molecule has 3 amide bonds. The van der Waals surface area contributed by atoms with Gasteiger partial charge in [0.25, 0.3) is 11.9 Å². The number of halogens is 1. The van der Waals surface area contributed by atoms with Crippen molar-refractivity contribution in [3.8, 4) is 0 Å². The molecule has 4 rings (SSSR count). The maximum Gasteiger partial charge on any atom is 0.322 e. The summed E-state index contributed by atoms with van der Waals surface area (Å²) in [5, 5.41) is 19.4. The second kappa shape index (κ2) is 11.3. The minimum Gasteiger partial charge on any atom is -0.317 e. The van der Waals surface area contributed by atoms with Gasteiger partial charge in [0.2, 0.25) is 0 Å². The molecule has 0 unspecified atom stereocenters. The zero-order chi connectivity index (χ0) is 26.6. The third kappa shape index (κ3) is 6.85. The van der Waals surface area contributed by atoms with Crippen LogP contribution >= 0.6 is 11.6 Å². The Morgan fingerprint density at radius 1 is 1.05 bits per heavy atom. The van der Waals surface area contributed by atoms with E-state index in [1.165, 1.54) is 0 Å². The van der Waals surface area contributed by atoms with Crippen molar-refractivity contribution in [2.24, 2.45) is 11.3 Å². The second-order valence-electron chi connectivity index (χ2n) is 10.8. The molecule has 0 bridgehead atoms. The summed E-state index contributed by atoms with van der Waals surface area (Å²) in [6.07, 6.45) is 4.08. The number of nitrogens with zero attached hydrogens (tertiary/aromatic N) is 4. The summed E-state index contributed by atoms with van der Waals surface area (Å²) in [5.41, 5.74) is 3.29. The molecular weight excluding hydrogens is 490 g/mol. The number of carbonyl (C=O) groups excluding carboxylic acids is 2. The fourth-order valence-electron chi connectivity index (χ4n) is 4.83. The fourth-order valence-corrected chi connectivity index (χ4v) is 5.01. The van der Waals surface area contributed by atoms with Gasteiger partial charge in [0.15, 0.2) is 0 Å². The predicted molar refractivity (Wildman–Crippen MR) is 145 cm³/mol. The number of amides is 3. The van der Waals surface area contributed by atoms with Crippen molar-refractivity contribution in [2.45, 2.75) is 66.0 Å². The summed E-state index contributed by atoms with van der Waals surface area (Å²) >= 11 is 6.29. The maximum absolute atomic E-state index is 13.5. The number of tetrazole rings is 1. The third-order valence-corrected chi connectivity index (χ3v) is 7.59. The van der Waals surface area contributed by atoms with Crippen molar-refractivity contribution >= 4 is 35.2 Å². The van der Waals surface area contributed by atoms with Crippen molar-refractivity contribution in [3.63, 3.8) is 0 Å². The van der Waals surface area contributed by atoms with E-state index in [1.54, 1.807) is 18.2 Å². The Balaban J connectivity index is 1.49. The third-order valence-electron chi connectivity index (χ3n) is 7.19. The van der Waals surface area contributed by atoms with Crippen molar-refractivity contribution in [3.05, 3.63) is 64.2 Å². The maximum atomic E-state index is 13.5. The van der Waals surface area contributed by atoms with Crippen LogP contribution in [-0.4, -0.2) is 43.5 Å². The number of H-pyrrole nitrogens is 1. The van der Waals surface area contributed by atoms with Crippen molar-refractivity contribution in [1.29, 1.82) is 0 Å². The van der Waals surface area contributed by atoms with Gasteiger partial charge in [-0.2, -0.15) is 5.21 Å². The number of carbonyl (C=O) groups is 2. The van der Waals surface area contributed by atoms with Crippen LogP contribution in [0.15, 0.2) is 42.5 Å². The number of nitrogens with one attached hydrogen (secondary N) is 3. The first-order valence-corrected chi connectivity index (χ1v) is 13.0. The SMILES string of the molecule is Cc1ccc(NC(=O)N(Cc2ccc(C(=O)Nc3nn[nH]n3)cc2)C2CCC(C(C)(C)C)CC2)cc1Cl. The highest BCUT2D eigenvalue weighted by molar-refractivity contribution is 6.31. The van der Waals surface area contributed by atoms with Gasteiger partial charge in [-0.05, 0) is 84.5 Å². The Morgan fingerprint density at radius 2 is 1.76 bits per heavy atom. The van der Waals surface area contributed by atoms with Crippen LogP contribution in [0.5, 0.6) is 0 Å². The Kier molecular flexibility index (Phi) is 8.12. The number of urea groups is 1. The molecule has 1 saturated carbocycles. The first-order chi connectivity index (χ1) is 17.6. The normalized spacial score (nSPS) is 17.8. The predicted octanol–water partition coefficient (Wildman–Crippen LogP) is 6.05. The number of aromatic amines is 1. The van der Waals surface area contributed by atoms with Crippen LogP contribution in [-0.2, 0) is 6.54 Å². The highest BCUT2D eigenvalue weighted by atomic mass is 35.5. The Bertz CT molecular complexity index is 1210. The minimum atomic E-state index is -0.334. The summed E-state index contributed by atoms with van der Waals surface area (Å²) in [6.45, 7) is 9.24. The molecule has 0 saturated heterocycles. The molecule has 9 nitrogen and oxygen atoms in total. The van der Waals surface area contributed by atoms with Crippen LogP contribution < -0.4 is 10.6 Å². The molecule has 196 valence electrons. The second-order valence-corrected chi connectivity index (χ2v) is 11.2. The number of benzene rings is 2. The van der Waals surface area contributed by atoms with Crippen LogP contribution in [0.3, 0.4) is 0 Å². The Morgan fingerprint density at radius 3 is 2.35 bits per heavy atom. The first-order valence-electron chi connectivity index (χ1n) is 12.6. The van der Waals surface area contributed by atoms with E-state index in [4.69, 9.17) is 11.6 Å². The summed E-state index contributed by atoms with van der Waals surface area (Å²) in [7, 11) is 0. The fraction of sp³-hybridized carbons (Fsp3) is 0.444. The number of rotatable bonds is 6. The van der Waals surface area contributed by atoms with E-state index in [1.807, 2.05) is 36.1 Å². The smallest absolute Gasteiger partial charge is 0.317 e. The van der Waals surface area contributed by atoms with Gasteiger partial charge < -0.3 is 10.2 Å². The lowest BCUT2D eigenvalue weighted by molar-refractivity contribution is 0.102. The number of anilines is 2.